The summed E-state index contributed by atoms with van der Waals surface area (Å²) in [7, 11) is -2.77. The third kappa shape index (κ3) is 0.795. The highest BCUT2D eigenvalue weighted by Gasteiger charge is 2.05. The van der Waals surface area contributed by atoms with Crippen molar-refractivity contribution < 1.29 is 13.0 Å². The number of methoxy groups -OCH3 is 1. The lowest BCUT2D eigenvalue weighted by molar-refractivity contribution is 0.400. The summed E-state index contributed by atoms with van der Waals surface area (Å²) in [5, 5.41) is 0. The Hall–Kier alpha value is -1.78. The fraction of sp³-hybridized carbons (Fsp3) is 0.143. The molecule has 0 aliphatic carbocycles. The Labute approximate surface area is 77.2 Å². The van der Waals surface area contributed by atoms with Crippen LogP contribution in [0.15, 0.2) is 18.5 Å². The van der Waals surface area contributed by atoms with Crippen LogP contribution in [0.4, 0.5) is 5.82 Å². The molecule has 0 unspecified atom stereocenters. The average molecular weight is 170 g/mol. The van der Waals surface area contributed by atoms with Crippen molar-refractivity contribution in [1.29, 1.82) is 0 Å². The first-order valence-corrected chi connectivity index (χ1v) is 3.01. The molecule has 2 heterocycles. The highest BCUT2D eigenvalue weighted by atomic mass is 16.5. The van der Waals surface area contributed by atoms with E-state index in [2.05, 4.69) is 14.7 Å². The molecule has 0 bridgehead atoms. The van der Waals surface area contributed by atoms with Gasteiger partial charge < -0.3 is 10.5 Å². The molecule has 0 amide bonds. The SMILES string of the molecule is [2H]c1nc(OC([2H])([2H])[2H])c2nc([2H])c(N)n2c1[2H]. The van der Waals surface area contributed by atoms with Gasteiger partial charge in [-0.25, -0.2) is 9.97 Å². The van der Waals surface area contributed by atoms with Crippen molar-refractivity contribution in [2.24, 2.45) is 0 Å². The van der Waals surface area contributed by atoms with Crippen molar-refractivity contribution in [1.82, 2.24) is 14.4 Å². The van der Waals surface area contributed by atoms with E-state index < -0.39 is 25.3 Å². The number of aromatic nitrogens is 3. The van der Waals surface area contributed by atoms with Crippen molar-refractivity contribution in [2.75, 3.05) is 12.8 Å². The van der Waals surface area contributed by atoms with E-state index in [1.54, 1.807) is 0 Å². The summed E-state index contributed by atoms with van der Waals surface area (Å²) in [6, 6.07) is 0. The van der Waals surface area contributed by atoms with Gasteiger partial charge in [0.05, 0.1) is 21.4 Å². The van der Waals surface area contributed by atoms with Crippen LogP contribution in [0, 0.1) is 0 Å². The van der Waals surface area contributed by atoms with Gasteiger partial charge in [-0.15, -0.1) is 0 Å². The van der Waals surface area contributed by atoms with Crippen LogP contribution in [0.1, 0.15) is 8.22 Å². The number of nitrogens with zero attached hydrogens (tertiary/aromatic N) is 3. The molecule has 62 valence electrons. The third-order valence-electron chi connectivity index (χ3n) is 1.34. The number of nitrogen functional groups attached to an aromatic ring is 1. The maximum atomic E-state index is 7.58. The summed E-state index contributed by atoms with van der Waals surface area (Å²) in [6.07, 6.45) is -1.26. The Bertz CT molecular complexity index is 621. The Balaban J connectivity index is 2.75. The van der Waals surface area contributed by atoms with Crippen LogP contribution in [-0.4, -0.2) is 21.4 Å². The zero-order chi connectivity index (χ0) is 13.7. The summed E-state index contributed by atoms with van der Waals surface area (Å²) in [6.45, 7) is 0. The summed E-state index contributed by atoms with van der Waals surface area (Å²) in [5.41, 5.74) is 5.35. The maximum Gasteiger partial charge on any atom is 0.258 e. The highest BCUT2D eigenvalue weighted by molar-refractivity contribution is 5.54. The number of imidazole rings is 1. The van der Waals surface area contributed by atoms with Crippen LogP contribution in [0.25, 0.3) is 5.65 Å². The Kier molecular flexibility index (Phi) is 0.578. The lowest BCUT2D eigenvalue weighted by atomic mass is 10.6. The number of hydrogen-bond acceptors (Lipinski definition) is 4. The van der Waals surface area contributed by atoms with Gasteiger partial charge in [-0.1, -0.05) is 0 Å². The minimum atomic E-state index is -2.77. The van der Waals surface area contributed by atoms with Gasteiger partial charge in [0.25, 0.3) is 5.88 Å². The van der Waals surface area contributed by atoms with Crippen LogP contribution >= 0.6 is 0 Å². The van der Waals surface area contributed by atoms with Crippen molar-refractivity contribution >= 4 is 11.5 Å². The number of fused-ring (bicyclic) bond motifs is 1. The first kappa shape index (κ1) is 2.93. The second kappa shape index (κ2) is 2.37. The highest BCUT2D eigenvalue weighted by Crippen LogP contribution is 2.16. The summed E-state index contributed by atoms with van der Waals surface area (Å²) < 4.78 is 48.9. The summed E-state index contributed by atoms with van der Waals surface area (Å²) in [5.74, 6) is -0.637. The molecule has 5 nitrogen and oxygen atoms in total. The van der Waals surface area contributed by atoms with Crippen molar-refractivity contribution in [3.05, 3.63) is 18.5 Å². The largest absolute Gasteiger partial charge is 0.478 e. The van der Waals surface area contributed by atoms with E-state index in [1.165, 1.54) is 0 Å². The minimum absolute atomic E-state index is 0.172. The Morgan fingerprint density at radius 2 is 2.67 bits per heavy atom. The van der Waals surface area contributed by atoms with Gasteiger partial charge in [-0.3, -0.25) is 4.40 Å². The van der Waals surface area contributed by atoms with Crippen LogP contribution in [0.5, 0.6) is 5.88 Å². The molecule has 2 aromatic rings. The monoisotopic (exact) mass is 170 g/mol. The van der Waals surface area contributed by atoms with Gasteiger partial charge >= 0.3 is 0 Å². The first-order valence-electron chi connectivity index (χ1n) is 6.01. The fourth-order valence-corrected chi connectivity index (χ4v) is 0.825. The molecule has 0 aromatic carbocycles. The van der Waals surface area contributed by atoms with Crippen molar-refractivity contribution in [3.8, 4) is 5.88 Å². The standard InChI is InChI=1S/C7H8N4O/c1-12-7-6-10-4-5(8)11(6)3-2-9-7/h2-4H,8H2,1H3/i1D3,2D,3D,4D. The number of ether oxygens (including phenoxy) is 1. The van der Waals surface area contributed by atoms with Crippen LogP contribution in [0.2, 0.25) is 0 Å². The van der Waals surface area contributed by atoms with E-state index >= 15 is 0 Å². The Morgan fingerprint density at radius 1 is 1.75 bits per heavy atom. The molecular weight excluding hydrogens is 156 g/mol. The van der Waals surface area contributed by atoms with E-state index in [0.29, 0.717) is 0 Å². The van der Waals surface area contributed by atoms with E-state index in [1.807, 2.05) is 0 Å². The molecule has 0 radical (unpaired) electrons. The van der Waals surface area contributed by atoms with Gasteiger partial charge in [0.1, 0.15) is 5.82 Å². The van der Waals surface area contributed by atoms with Gasteiger partial charge in [-0.2, -0.15) is 0 Å². The minimum Gasteiger partial charge on any atom is -0.478 e. The molecule has 12 heavy (non-hydrogen) atoms. The lowest BCUT2D eigenvalue weighted by Gasteiger charge is -1.99. The average Bonchev–Trinajstić information content (AvgIpc) is 2.50. The summed E-state index contributed by atoms with van der Waals surface area (Å²) in [4.78, 5) is 7.18. The molecular formula is C7H8N4O. The fourth-order valence-electron chi connectivity index (χ4n) is 0.825. The normalized spacial score (nSPS) is 18.7. The van der Waals surface area contributed by atoms with Crippen LogP contribution in [-0.2, 0) is 0 Å². The van der Waals surface area contributed by atoms with E-state index in [4.69, 9.17) is 14.0 Å². The van der Waals surface area contributed by atoms with E-state index in [0.717, 1.165) is 4.40 Å². The second-order valence-corrected chi connectivity index (χ2v) is 2.01. The van der Waals surface area contributed by atoms with Gasteiger partial charge in [0, 0.05) is 12.3 Å². The third-order valence-corrected chi connectivity index (χ3v) is 1.34. The number of anilines is 1. The number of hydrogen-bond donors (Lipinski definition) is 1. The second-order valence-electron chi connectivity index (χ2n) is 2.01. The van der Waals surface area contributed by atoms with Gasteiger partial charge in [0.2, 0.25) is 5.65 Å². The molecule has 2 rings (SSSR count). The summed E-state index contributed by atoms with van der Waals surface area (Å²) >= 11 is 0. The predicted octanol–water partition coefficient (Wildman–Crippen LogP) is 0.320. The molecule has 0 aliphatic heterocycles. The first-order chi connectivity index (χ1) is 8.20. The van der Waals surface area contributed by atoms with Crippen molar-refractivity contribution in [2.45, 2.75) is 0 Å². The lowest BCUT2D eigenvalue weighted by Crippen LogP contribution is -1.96. The molecule has 0 aliphatic rings. The Morgan fingerprint density at radius 3 is 3.50 bits per heavy atom. The van der Waals surface area contributed by atoms with Gasteiger partial charge in [0.15, 0.2) is 0 Å². The van der Waals surface area contributed by atoms with Gasteiger partial charge in [-0.05, 0) is 0 Å². The van der Waals surface area contributed by atoms with Crippen LogP contribution < -0.4 is 10.5 Å². The zero-order valence-electron chi connectivity index (χ0n) is 11.8. The predicted molar refractivity (Wildman–Crippen MR) is 44.0 cm³/mol. The maximum absolute atomic E-state index is 7.58. The smallest absolute Gasteiger partial charge is 0.258 e. The zero-order valence-corrected chi connectivity index (χ0v) is 5.83. The van der Waals surface area contributed by atoms with E-state index in [-0.39, 0.29) is 17.6 Å². The van der Waals surface area contributed by atoms with Crippen LogP contribution in [0.3, 0.4) is 0 Å². The number of rotatable bonds is 1. The molecule has 0 spiro atoms. The molecule has 5 heteroatoms. The number of nitrogens with two attached hydrogens (primary N) is 1. The molecule has 0 atom stereocenters. The molecule has 0 saturated heterocycles. The quantitative estimate of drug-likeness (QED) is 0.669. The molecule has 0 fully saturated rings. The molecule has 2 aromatic heterocycles. The van der Waals surface area contributed by atoms with E-state index in [9.17, 15) is 0 Å². The van der Waals surface area contributed by atoms with Crippen molar-refractivity contribution in [3.63, 3.8) is 0 Å². The topological polar surface area (TPSA) is 65.4 Å². The molecule has 2 N–H and O–H groups in total. The molecule has 0 saturated carbocycles.